The van der Waals surface area contributed by atoms with Crippen molar-refractivity contribution >= 4 is 38.7 Å². The molecule has 0 aromatic heterocycles. The first kappa shape index (κ1) is 30.3. The number of ether oxygens (including phenoxy) is 4. The van der Waals surface area contributed by atoms with Crippen LogP contribution in [-0.2, 0) is 39.5 Å². The van der Waals surface area contributed by atoms with Gasteiger partial charge in [-0.2, -0.15) is 21.6 Å². The Morgan fingerprint density at radius 3 is 2.47 bits per heavy atom. The second kappa shape index (κ2) is 12.7. The number of esters is 1. The third-order valence-electron chi connectivity index (χ3n) is 5.23. The molecule has 2 aromatic carbocycles. The summed E-state index contributed by atoms with van der Waals surface area (Å²) in [6.07, 6.45) is -10.3. The van der Waals surface area contributed by atoms with Crippen LogP contribution in [0.5, 0.6) is 5.75 Å². The fourth-order valence-electron chi connectivity index (χ4n) is 3.51. The molecular weight excluding hydrogens is 648 g/mol. The highest BCUT2D eigenvalue weighted by Crippen LogP contribution is 2.32. The van der Waals surface area contributed by atoms with Gasteiger partial charge < -0.3 is 24.1 Å². The number of alkyl halides is 3. The lowest BCUT2D eigenvalue weighted by Gasteiger charge is -2.43. The first-order valence-electron chi connectivity index (χ1n) is 11.0. The molecule has 1 aliphatic rings. The number of aliphatic hydroxyl groups is 1. The van der Waals surface area contributed by atoms with Crippen molar-refractivity contribution in [2.75, 3.05) is 13.2 Å². The smallest absolute Gasteiger partial charge is 0.416 e. The normalized spacial score (nSPS) is 24.0. The van der Waals surface area contributed by atoms with Gasteiger partial charge in [0.2, 0.25) is 6.29 Å². The zero-order valence-corrected chi connectivity index (χ0v) is 22.8. The van der Waals surface area contributed by atoms with Crippen molar-refractivity contribution < 1.29 is 54.6 Å². The van der Waals surface area contributed by atoms with Gasteiger partial charge in [0.15, 0.2) is 6.10 Å². The number of aliphatic hydroxyl groups excluding tert-OH is 1. The Morgan fingerprint density at radius 1 is 1.18 bits per heavy atom. The molecule has 1 N–H and O–H groups in total. The number of hydrogen-bond acceptors (Lipinski definition) is 9. The third kappa shape index (κ3) is 7.89. The van der Waals surface area contributed by atoms with E-state index in [0.29, 0.717) is 11.8 Å². The van der Waals surface area contributed by atoms with Crippen LogP contribution >= 0.6 is 22.6 Å². The van der Waals surface area contributed by atoms with Gasteiger partial charge >= 0.3 is 12.1 Å². The highest BCUT2D eigenvalue weighted by molar-refractivity contribution is 14.1. The van der Waals surface area contributed by atoms with E-state index in [-0.39, 0.29) is 6.61 Å². The van der Waals surface area contributed by atoms with E-state index in [1.165, 1.54) is 6.08 Å². The van der Waals surface area contributed by atoms with Gasteiger partial charge in [-0.25, -0.2) is 0 Å². The number of rotatable bonds is 10. The topological polar surface area (TPSA) is 118 Å². The second-order valence-electron chi connectivity index (χ2n) is 8.03. The molecule has 14 heteroatoms. The highest BCUT2D eigenvalue weighted by Gasteiger charge is 2.50. The van der Waals surface area contributed by atoms with Crippen molar-refractivity contribution in [2.24, 2.45) is 0 Å². The van der Waals surface area contributed by atoms with Gasteiger partial charge in [0.25, 0.3) is 10.1 Å². The molecule has 1 fully saturated rings. The van der Waals surface area contributed by atoms with E-state index in [0.717, 1.165) is 28.7 Å². The fourth-order valence-corrected chi connectivity index (χ4v) is 4.84. The Morgan fingerprint density at radius 2 is 1.87 bits per heavy atom. The monoisotopic (exact) mass is 672 g/mol. The quantitative estimate of drug-likeness (QED) is 0.175. The number of halogens is 4. The van der Waals surface area contributed by atoms with Crippen LogP contribution in [0.1, 0.15) is 12.5 Å². The predicted molar refractivity (Wildman–Crippen MR) is 135 cm³/mol. The van der Waals surface area contributed by atoms with Crippen LogP contribution < -0.4 is 4.74 Å². The Labute approximate surface area is 230 Å². The third-order valence-corrected chi connectivity index (χ3v) is 7.23. The van der Waals surface area contributed by atoms with Crippen molar-refractivity contribution in [1.29, 1.82) is 0 Å². The molecule has 0 saturated carbocycles. The molecule has 1 saturated heterocycles. The largest absolute Gasteiger partial charge is 0.461 e. The summed E-state index contributed by atoms with van der Waals surface area (Å²) in [6, 6.07) is 9.73. The van der Waals surface area contributed by atoms with Crippen LogP contribution in [0, 0.1) is 3.57 Å². The minimum Gasteiger partial charge on any atom is -0.461 e. The van der Waals surface area contributed by atoms with E-state index < -0.39 is 70.0 Å². The summed E-state index contributed by atoms with van der Waals surface area (Å²) in [4.78, 5) is 11.1. The summed E-state index contributed by atoms with van der Waals surface area (Å²) >= 11 is 2.09. The number of hydrogen-bond donors (Lipinski definition) is 1. The molecule has 38 heavy (non-hydrogen) atoms. The molecule has 0 aliphatic carbocycles. The average Bonchev–Trinajstić information content (AvgIpc) is 2.85. The van der Waals surface area contributed by atoms with Gasteiger partial charge in [-0.15, -0.1) is 6.58 Å². The molecule has 9 nitrogen and oxygen atoms in total. The highest BCUT2D eigenvalue weighted by atomic mass is 127. The lowest BCUT2D eigenvalue weighted by Crippen LogP contribution is -2.62. The molecule has 5 atom stereocenters. The maximum absolute atomic E-state index is 13.0. The molecule has 0 bridgehead atoms. The second-order valence-corrected chi connectivity index (χ2v) is 10.9. The van der Waals surface area contributed by atoms with E-state index >= 15 is 0 Å². The van der Waals surface area contributed by atoms with Crippen LogP contribution in [0.4, 0.5) is 13.2 Å². The van der Waals surface area contributed by atoms with E-state index in [2.05, 4.69) is 29.2 Å². The average molecular weight is 672 g/mol. The summed E-state index contributed by atoms with van der Waals surface area (Å²) in [5.74, 6) is -0.418. The molecule has 3 rings (SSSR count). The SMILES string of the molecule is C=CCO[C@H]1[C@H](O)[C@H](COS(=O)(=O)c2cccc(C(F)(F)F)c2)O[C@@H](Oc2ccc(I)cc2)[C@H]1OC(C)=O. The maximum Gasteiger partial charge on any atom is 0.416 e. The molecule has 1 heterocycles. The number of carbonyl (C=O) groups excluding carboxylic acids is 1. The zero-order valence-electron chi connectivity index (χ0n) is 19.8. The molecular formula is C24H24F3IO9S. The first-order valence-corrected chi connectivity index (χ1v) is 13.5. The molecule has 208 valence electrons. The summed E-state index contributed by atoms with van der Waals surface area (Å²) in [5.41, 5.74) is -1.18. The standard InChI is InChI=1S/C24H24F3IO9S/c1-3-11-33-21-20(30)19(13-34-38(31,32)18-6-4-5-15(12-18)24(25,26)27)37-23(22(21)35-14(2)29)36-17-9-7-16(28)8-10-17/h3-10,12,19-23,30H,1,11,13H2,2H3/t19-,20+,21-,22-,23+/m0/s1. The van der Waals surface area contributed by atoms with E-state index in [1.807, 2.05) is 0 Å². The minimum atomic E-state index is -4.77. The van der Waals surface area contributed by atoms with E-state index in [4.69, 9.17) is 23.1 Å². The minimum absolute atomic E-state index is 0.0775. The van der Waals surface area contributed by atoms with Gasteiger partial charge in [0.05, 0.1) is 23.7 Å². The molecule has 2 aromatic rings. The lowest BCUT2D eigenvalue weighted by atomic mass is 9.98. The van der Waals surface area contributed by atoms with Crippen LogP contribution in [0.25, 0.3) is 0 Å². The first-order chi connectivity index (χ1) is 17.8. The van der Waals surface area contributed by atoms with Crippen LogP contribution in [0.3, 0.4) is 0 Å². The molecule has 0 radical (unpaired) electrons. The zero-order chi connectivity index (χ0) is 28.1. The molecule has 1 aliphatic heterocycles. The number of benzene rings is 2. The Kier molecular flexibility index (Phi) is 10.2. The summed E-state index contributed by atoms with van der Waals surface area (Å²) in [5, 5.41) is 10.9. The predicted octanol–water partition coefficient (Wildman–Crippen LogP) is 3.68. The molecule has 0 spiro atoms. The molecule has 0 unspecified atom stereocenters. The van der Waals surface area contributed by atoms with Crippen molar-refractivity contribution in [3.8, 4) is 5.75 Å². The van der Waals surface area contributed by atoms with Crippen LogP contribution in [0.2, 0.25) is 0 Å². The number of carbonyl (C=O) groups is 1. The summed E-state index contributed by atoms with van der Waals surface area (Å²) < 4.78 is 92.8. The van der Waals surface area contributed by atoms with Crippen LogP contribution in [0.15, 0.2) is 66.1 Å². The summed E-state index contributed by atoms with van der Waals surface area (Å²) in [7, 11) is -4.69. The van der Waals surface area contributed by atoms with Gasteiger partial charge in [-0.1, -0.05) is 12.1 Å². The van der Waals surface area contributed by atoms with Gasteiger partial charge in [-0.05, 0) is 65.1 Å². The summed E-state index contributed by atoms with van der Waals surface area (Å²) in [6.45, 7) is 3.78. The van der Waals surface area contributed by atoms with Crippen molar-refractivity contribution in [3.05, 3.63) is 70.3 Å². The van der Waals surface area contributed by atoms with Crippen molar-refractivity contribution in [3.63, 3.8) is 0 Å². The van der Waals surface area contributed by atoms with Gasteiger partial charge in [-0.3, -0.25) is 8.98 Å². The van der Waals surface area contributed by atoms with Gasteiger partial charge in [0.1, 0.15) is 24.1 Å². The van der Waals surface area contributed by atoms with E-state index in [9.17, 15) is 31.5 Å². The van der Waals surface area contributed by atoms with Gasteiger partial charge in [0, 0.05) is 10.5 Å². The van der Waals surface area contributed by atoms with E-state index in [1.54, 1.807) is 24.3 Å². The van der Waals surface area contributed by atoms with Crippen molar-refractivity contribution in [1.82, 2.24) is 0 Å². The Balaban J connectivity index is 1.86. The maximum atomic E-state index is 13.0. The lowest BCUT2D eigenvalue weighted by molar-refractivity contribution is -0.287. The van der Waals surface area contributed by atoms with Crippen LogP contribution in [-0.4, -0.2) is 63.4 Å². The Bertz CT molecular complexity index is 1220. The Hall–Kier alpha value is -2.24. The molecule has 0 amide bonds. The fraction of sp³-hybridized carbons (Fsp3) is 0.375. The van der Waals surface area contributed by atoms with Crippen molar-refractivity contribution in [2.45, 2.75) is 48.7 Å².